The van der Waals surface area contributed by atoms with E-state index >= 15 is 0 Å². The van der Waals surface area contributed by atoms with E-state index in [1.54, 1.807) is 12.3 Å². The summed E-state index contributed by atoms with van der Waals surface area (Å²) in [7, 11) is 3.97. The number of amides is 1. The summed E-state index contributed by atoms with van der Waals surface area (Å²) >= 11 is 1.46. The van der Waals surface area contributed by atoms with Crippen molar-refractivity contribution in [3.63, 3.8) is 0 Å². The average molecular weight is 483 g/mol. The molecule has 0 aliphatic carbocycles. The molecule has 0 radical (unpaired) electrons. The molecule has 1 amide bonds. The van der Waals surface area contributed by atoms with Gasteiger partial charge < -0.3 is 24.8 Å². The second kappa shape index (κ2) is 10.7. The van der Waals surface area contributed by atoms with Gasteiger partial charge in [-0.2, -0.15) is 0 Å². The molecule has 182 valence electrons. The molecule has 1 aromatic carbocycles. The Morgan fingerprint density at radius 1 is 1.35 bits per heavy atom. The zero-order chi connectivity index (χ0) is 24.2. The topological polar surface area (TPSA) is 86.5 Å². The molecule has 3 heterocycles. The summed E-state index contributed by atoms with van der Waals surface area (Å²) in [6, 6.07) is 6.13. The Balaban J connectivity index is 1.66. The van der Waals surface area contributed by atoms with Crippen molar-refractivity contribution in [1.29, 1.82) is 0 Å². The predicted molar refractivity (Wildman–Crippen MR) is 137 cm³/mol. The molecule has 1 fully saturated rings. The molecule has 2 N–H and O–H groups in total. The molecule has 4 rings (SSSR count). The number of fused-ring (bicyclic) bond motifs is 1. The largest absolute Gasteiger partial charge is 0.369 e. The second-order valence-corrected chi connectivity index (χ2v) is 10.4. The Kier molecular flexibility index (Phi) is 7.65. The lowest BCUT2D eigenvalue weighted by atomic mass is 10.1. The monoisotopic (exact) mass is 482 g/mol. The molecule has 1 saturated heterocycles. The van der Waals surface area contributed by atoms with Crippen LogP contribution >= 0.6 is 11.3 Å². The van der Waals surface area contributed by atoms with Crippen LogP contribution in [-0.2, 0) is 4.79 Å². The number of rotatable bonds is 7. The fourth-order valence-electron chi connectivity index (χ4n) is 4.48. The third-order valence-electron chi connectivity index (χ3n) is 6.14. The number of aliphatic hydroxyl groups excluding tert-OH is 1. The number of anilines is 1. The molecule has 1 aliphatic heterocycles. The van der Waals surface area contributed by atoms with Crippen molar-refractivity contribution >= 4 is 34.2 Å². The molecule has 2 atom stereocenters. The molecule has 0 saturated carbocycles. The molecule has 1 aliphatic rings. The van der Waals surface area contributed by atoms with E-state index in [9.17, 15) is 9.90 Å². The number of para-hydroxylation sites is 1. The number of carbonyl (C=O) groups excluding carboxylic acids is 1. The summed E-state index contributed by atoms with van der Waals surface area (Å²) < 4.78 is 2.19. The minimum absolute atomic E-state index is 0.0459. The van der Waals surface area contributed by atoms with Gasteiger partial charge in [0, 0.05) is 31.9 Å². The minimum Gasteiger partial charge on any atom is -0.369 e. The molecule has 8 nitrogen and oxygen atoms in total. The number of aliphatic hydroxyl groups is 1. The fraction of sp³-hybridized carbons (Fsp3) is 0.480. The van der Waals surface area contributed by atoms with E-state index in [-0.39, 0.29) is 11.9 Å². The van der Waals surface area contributed by atoms with Crippen LogP contribution in [0.3, 0.4) is 0 Å². The number of carbonyl (C=O) groups is 1. The number of nitrogens with one attached hydrogen (secondary N) is 1. The summed E-state index contributed by atoms with van der Waals surface area (Å²) in [5.74, 6) is 0.662. The maximum Gasteiger partial charge on any atom is 0.246 e. The standard InChI is InChI=1S/C25H34N6O2S/c1-17-9-7-11-20-23(17)31(25(27-20)28-24(33)21-15-26-18(2)34-21)19-10-5-6-14-30(16-19)22(32)12-8-13-29(3)4/h7-9,11-12,15,19,24,33H,5-6,10,13-14,16H2,1-4H3,(H,27,28)/b12-8+. The van der Waals surface area contributed by atoms with Crippen molar-refractivity contribution in [3.05, 3.63) is 52.0 Å². The predicted octanol–water partition coefficient (Wildman–Crippen LogP) is 3.88. The fourth-order valence-corrected chi connectivity index (χ4v) is 5.20. The first-order chi connectivity index (χ1) is 16.3. The van der Waals surface area contributed by atoms with Crippen LogP contribution < -0.4 is 5.32 Å². The van der Waals surface area contributed by atoms with Crippen LogP contribution in [0.15, 0.2) is 36.5 Å². The van der Waals surface area contributed by atoms with Crippen LogP contribution in [0.25, 0.3) is 11.0 Å². The van der Waals surface area contributed by atoms with E-state index in [2.05, 4.69) is 27.9 Å². The maximum atomic E-state index is 13.0. The van der Waals surface area contributed by atoms with Gasteiger partial charge in [0.05, 0.1) is 27.0 Å². The lowest BCUT2D eigenvalue weighted by molar-refractivity contribution is -0.126. The summed E-state index contributed by atoms with van der Waals surface area (Å²) in [6.45, 7) is 6.09. The van der Waals surface area contributed by atoms with Gasteiger partial charge >= 0.3 is 0 Å². The zero-order valence-corrected chi connectivity index (χ0v) is 21.2. The molecule has 2 aromatic heterocycles. The van der Waals surface area contributed by atoms with E-state index < -0.39 is 6.23 Å². The number of benzene rings is 1. The van der Waals surface area contributed by atoms with E-state index in [0.717, 1.165) is 58.8 Å². The highest BCUT2D eigenvalue weighted by atomic mass is 32.1. The van der Waals surface area contributed by atoms with Crippen LogP contribution in [0, 0.1) is 13.8 Å². The summed E-state index contributed by atoms with van der Waals surface area (Å²) in [6.07, 6.45) is 7.34. The molecule has 34 heavy (non-hydrogen) atoms. The molecular weight excluding hydrogens is 448 g/mol. The number of nitrogens with zero attached hydrogens (tertiary/aromatic N) is 5. The highest BCUT2D eigenvalue weighted by Gasteiger charge is 2.27. The lowest BCUT2D eigenvalue weighted by Crippen LogP contribution is -2.34. The first-order valence-electron chi connectivity index (χ1n) is 11.8. The lowest BCUT2D eigenvalue weighted by Gasteiger charge is -2.27. The van der Waals surface area contributed by atoms with Gasteiger partial charge in [-0.25, -0.2) is 9.97 Å². The normalized spacial score (nSPS) is 18.1. The van der Waals surface area contributed by atoms with Gasteiger partial charge in [0.25, 0.3) is 0 Å². The van der Waals surface area contributed by atoms with E-state index in [1.165, 1.54) is 11.3 Å². The summed E-state index contributed by atoms with van der Waals surface area (Å²) in [5, 5.41) is 15.0. The third-order valence-corrected chi connectivity index (χ3v) is 7.11. The van der Waals surface area contributed by atoms with Gasteiger partial charge in [-0.15, -0.1) is 11.3 Å². The molecule has 3 aromatic rings. The first-order valence-corrected chi connectivity index (χ1v) is 12.6. The Morgan fingerprint density at radius 3 is 2.91 bits per heavy atom. The molecule has 0 spiro atoms. The number of hydrogen-bond acceptors (Lipinski definition) is 7. The van der Waals surface area contributed by atoms with Crippen LogP contribution in [-0.4, -0.2) is 69.1 Å². The van der Waals surface area contributed by atoms with E-state index in [4.69, 9.17) is 4.98 Å². The molecule has 9 heteroatoms. The van der Waals surface area contributed by atoms with Gasteiger partial charge in [0.2, 0.25) is 11.9 Å². The Bertz CT molecular complexity index is 1170. The smallest absolute Gasteiger partial charge is 0.246 e. The number of thiazole rings is 1. The zero-order valence-electron chi connectivity index (χ0n) is 20.4. The highest BCUT2D eigenvalue weighted by Crippen LogP contribution is 2.33. The Labute approximate surface area is 204 Å². The molecule has 0 bridgehead atoms. The quantitative estimate of drug-likeness (QED) is 0.393. The average Bonchev–Trinajstić information content (AvgIpc) is 3.29. The van der Waals surface area contributed by atoms with Gasteiger partial charge in [0.15, 0.2) is 6.23 Å². The first kappa shape index (κ1) is 24.4. The van der Waals surface area contributed by atoms with Crippen molar-refractivity contribution in [3.8, 4) is 0 Å². The molecular formula is C25H34N6O2S. The summed E-state index contributed by atoms with van der Waals surface area (Å²) in [5.41, 5.74) is 3.04. The number of likely N-dealkylation sites (tertiary alicyclic amines) is 1. The van der Waals surface area contributed by atoms with Gasteiger partial charge in [0.1, 0.15) is 0 Å². The Morgan fingerprint density at radius 2 is 2.18 bits per heavy atom. The second-order valence-electron chi connectivity index (χ2n) is 9.18. The van der Waals surface area contributed by atoms with E-state index in [1.807, 2.05) is 49.0 Å². The van der Waals surface area contributed by atoms with Gasteiger partial charge in [-0.05, 0) is 58.8 Å². The number of aryl methyl sites for hydroxylation is 2. The highest BCUT2D eigenvalue weighted by molar-refractivity contribution is 7.11. The van der Waals surface area contributed by atoms with Crippen LogP contribution in [0.2, 0.25) is 0 Å². The van der Waals surface area contributed by atoms with Crippen molar-refractivity contribution in [1.82, 2.24) is 24.3 Å². The van der Waals surface area contributed by atoms with Crippen molar-refractivity contribution in [2.75, 3.05) is 39.0 Å². The molecule has 2 unspecified atom stereocenters. The SMILES string of the molecule is Cc1ncc(C(O)Nc2nc3cccc(C)c3n2C2CCCCN(C(=O)/C=C/CN(C)C)C2)s1. The van der Waals surface area contributed by atoms with Gasteiger partial charge in [-0.1, -0.05) is 18.2 Å². The number of imidazole rings is 1. The maximum absolute atomic E-state index is 13.0. The third kappa shape index (κ3) is 5.48. The number of likely N-dealkylation sites (N-methyl/N-ethyl adjacent to an activating group) is 1. The van der Waals surface area contributed by atoms with Crippen molar-refractivity contribution < 1.29 is 9.90 Å². The van der Waals surface area contributed by atoms with Crippen LogP contribution in [0.4, 0.5) is 5.95 Å². The summed E-state index contributed by atoms with van der Waals surface area (Å²) in [4.78, 5) is 26.8. The number of aromatic nitrogens is 3. The van der Waals surface area contributed by atoms with Crippen molar-refractivity contribution in [2.24, 2.45) is 0 Å². The Hall–Kier alpha value is -2.75. The number of hydrogen-bond donors (Lipinski definition) is 2. The van der Waals surface area contributed by atoms with Crippen LogP contribution in [0.1, 0.15) is 47.0 Å². The van der Waals surface area contributed by atoms with Crippen LogP contribution in [0.5, 0.6) is 0 Å². The van der Waals surface area contributed by atoms with Gasteiger partial charge in [-0.3, -0.25) is 4.79 Å². The minimum atomic E-state index is -0.903. The van der Waals surface area contributed by atoms with E-state index in [0.29, 0.717) is 12.5 Å². The van der Waals surface area contributed by atoms with Crippen molar-refractivity contribution in [2.45, 2.75) is 45.4 Å².